The fraction of sp³-hybridized carbons (Fsp3) is 0.200. The molecule has 0 saturated heterocycles. The van der Waals surface area contributed by atoms with Gasteiger partial charge in [-0.25, -0.2) is 0 Å². The molecule has 27 heavy (non-hydrogen) atoms. The van der Waals surface area contributed by atoms with Crippen molar-refractivity contribution in [1.29, 1.82) is 0 Å². The number of rotatable bonds is 8. The van der Waals surface area contributed by atoms with Crippen LogP contribution in [-0.2, 0) is 4.79 Å². The second-order valence-electron chi connectivity index (χ2n) is 5.38. The van der Waals surface area contributed by atoms with Crippen LogP contribution >= 0.6 is 11.6 Å². The molecule has 0 heterocycles. The number of carbonyl (C=O) groups is 2. The molecular weight excluding hydrogens is 370 g/mol. The summed E-state index contributed by atoms with van der Waals surface area (Å²) in [4.78, 5) is 23.7. The van der Waals surface area contributed by atoms with Crippen LogP contribution in [0.5, 0.6) is 11.5 Å². The van der Waals surface area contributed by atoms with Crippen LogP contribution in [0.25, 0.3) is 6.08 Å². The Morgan fingerprint density at radius 3 is 2.26 bits per heavy atom. The van der Waals surface area contributed by atoms with E-state index in [1.165, 1.54) is 18.2 Å². The van der Waals surface area contributed by atoms with E-state index in [0.29, 0.717) is 35.3 Å². The Balaban J connectivity index is 2.28. The molecule has 0 spiro atoms. The van der Waals surface area contributed by atoms with Crippen LogP contribution in [-0.4, -0.2) is 25.1 Å². The highest BCUT2D eigenvalue weighted by Crippen LogP contribution is 2.29. The van der Waals surface area contributed by atoms with Gasteiger partial charge in [-0.3, -0.25) is 4.79 Å². The van der Waals surface area contributed by atoms with E-state index in [0.717, 1.165) is 0 Å². The Morgan fingerprint density at radius 1 is 1.04 bits per heavy atom. The minimum absolute atomic E-state index is 0.272. The van der Waals surface area contributed by atoms with Gasteiger partial charge in [0.25, 0.3) is 5.91 Å². The number of ether oxygens (including phenoxy) is 2. The van der Waals surface area contributed by atoms with Gasteiger partial charge in [0.05, 0.1) is 24.9 Å². The summed E-state index contributed by atoms with van der Waals surface area (Å²) in [6.45, 7) is 4.58. The third-order valence-corrected chi connectivity index (χ3v) is 3.70. The highest BCUT2D eigenvalue weighted by Gasteiger charge is 2.10. The number of carboxylic acid groups (broad SMARTS) is 1. The molecule has 1 N–H and O–H groups in total. The van der Waals surface area contributed by atoms with E-state index in [4.69, 9.17) is 21.1 Å². The first-order chi connectivity index (χ1) is 12.9. The highest BCUT2D eigenvalue weighted by atomic mass is 35.5. The van der Waals surface area contributed by atoms with Crippen molar-refractivity contribution in [3.05, 3.63) is 64.3 Å². The van der Waals surface area contributed by atoms with Crippen LogP contribution in [0.15, 0.2) is 48.2 Å². The van der Waals surface area contributed by atoms with Crippen molar-refractivity contribution in [3.8, 4) is 11.5 Å². The molecule has 2 rings (SSSR count). The van der Waals surface area contributed by atoms with E-state index in [1.807, 2.05) is 13.8 Å². The average molecular weight is 389 g/mol. The minimum atomic E-state index is -1.51. The van der Waals surface area contributed by atoms with E-state index in [9.17, 15) is 14.7 Å². The van der Waals surface area contributed by atoms with Crippen molar-refractivity contribution in [2.24, 2.45) is 0 Å². The predicted molar refractivity (Wildman–Crippen MR) is 101 cm³/mol. The first-order valence-electron chi connectivity index (χ1n) is 8.34. The van der Waals surface area contributed by atoms with Crippen molar-refractivity contribution in [1.82, 2.24) is 5.32 Å². The first-order valence-corrected chi connectivity index (χ1v) is 8.72. The topological polar surface area (TPSA) is 87.7 Å². The maximum absolute atomic E-state index is 12.2. The summed E-state index contributed by atoms with van der Waals surface area (Å²) >= 11 is 5.79. The van der Waals surface area contributed by atoms with Crippen LogP contribution in [0.3, 0.4) is 0 Å². The summed E-state index contributed by atoms with van der Waals surface area (Å²) in [5.74, 6) is -1.06. The summed E-state index contributed by atoms with van der Waals surface area (Å²) in [5.41, 5.74) is 0.410. The maximum Gasteiger partial charge on any atom is 0.255 e. The number of amides is 1. The lowest BCUT2D eigenvalue weighted by atomic mass is 10.1. The lowest BCUT2D eigenvalue weighted by molar-refractivity contribution is -0.299. The molecule has 0 fully saturated rings. The zero-order valence-corrected chi connectivity index (χ0v) is 15.7. The summed E-state index contributed by atoms with van der Waals surface area (Å²) in [6.07, 6.45) is 1.29. The normalized spacial score (nSPS) is 11.0. The van der Waals surface area contributed by atoms with E-state index in [1.54, 1.807) is 30.3 Å². The summed E-state index contributed by atoms with van der Waals surface area (Å²) in [5, 5.41) is 14.2. The number of hydrogen-bond acceptors (Lipinski definition) is 5. The molecule has 6 nitrogen and oxygen atoms in total. The highest BCUT2D eigenvalue weighted by molar-refractivity contribution is 6.30. The van der Waals surface area contributed by atoms with Gasteiger partial charge in [0.15, 0.2) is 11.5 Å². The van der Waals surface area contributed by atoms with Crippen LogP contribution in [0.4, 0.5) is 0 Å². The lowest BCUT2D eigenvalue weighted by Gasteiger charge is -2.13. The second kappa shape index (κ2) is 9.64. The average Bonchev–Trinajstić information content (AvgIpc) is 2.64. The number of halogens is 1. The van der Waals surface area contributed by atoms with Gasteiger partial charge in [0, 0.05) is 10.6 Å². The van der Waals surface area contributed by atoms with Gasteiger partial charge in [-0.1, -0.05) is 17.7 Å². The zero-order valence-electron chi connectivity index (χ0n) is 15.0. The largest absolute Gasteiger partial charge is 0.543 e. The van der Waals surface area contributed by atoms with Gasteiger partial charge in [0.1, 0.15) is 0 Å². The molecule has 0 radical (unpaired) electrons. The number of hydrogen-bond donors (Lipinski definition) is 1. The molecule has 0 atom stereocenters. The monoisotopic (exact) mass is 388 g/mol. The molecule has 0 aliphatic heterocycles. The quantitative estimate of drug-likeness (QED) is 0.702. The molecule has 2 aromatic rings. The Labute approximate surface area is 162 Å². The Hall–Kier alpha value is -2.99. The number of carboxylic acids is 1. The second-order valence-corrected chi connectivity index (χ2v) is 5.82. The molecular formula is C20H19ClNO5-. The smallest absolute Gasteiger partial charge is 0.255 e. The van der Waals surface area contributed by atoms with E-state index in [2.05, 4.69) is 5.32 Å². The molecule has 0 unspecified atom stereocenters. The molecule has 7 heteroatoms. The SMILES string of the molecule is CCOc1ccc(/C=C(/NC(=O)c2ccc(Cl)cc2)C(=O)[O-])cc1OCC. The fourth-order valence-corrected chi connectivity index (χ4v) is 2.39. The molecule has 0 bridgehead atoms. The van der Waals surface area contributed by atoms with Crippen LogP contribution < -0.4 is 19.9 Å². The third kappa shape index (κ3) is 5.76. The summed E-state index contributed by atoms with van der Waals surface area (Å²) < 4.78 is 11.0. The first kappa shape index (κ1) is 20.3. The number of nitrogens with one attached hydrogen (secondary N) is 1. The molecule has 142 valence electrons. The van der Waals surface area contributed by atoms with Crippen molar-refractivity contribution in [3.63, 3.8) is 0 Å². The summed E-state index contributed by atoms with van der Waals surface area (Å²) in [7, 11) is 0. The minimum Gasteiger partial charge on any atom is -0.543 e. The lowest BCUT2D eigenvalue weighted by Crippen LogP contribution is -2.35. The van der Waals surface area contributed by atoms with Gasteiger partial charge in [-0.05, 0) is 61.9 Å². The third-order valence-electron chi connectivity index (χ3n) is 3.45. The van der Waals surface area contributed by atoms with Gasteiger partial charge in [-0.15, -0.1) is 0 Å². The molecule has 0 aliphatic rings. The zero-order chi connectivity index (χ0) is 19.8. The molecule has 1 amide bonds. The van der Waals surface area contributed by atoms with Gasteiger partial charge < -0.3 is 24.7 Å². The van der Waals surface area contributed by atoms with E-state index < -0.39 is 11.9 Å². The molecule has 0 aromatic heterocycles. The van der Waals surface area contributed by atoms with Crippen LogP contribution in [0.1, 0.15) is 29.8 Å². The Kier molecular flexibility index (Phi) is 7.25. The number of carbonyl (C=O) groups excluding carboxylic acids is 2. The molecule has 0 aliphatic carbocycles. The van der Waals surface area contributed by atoms with Crippen molar-refractivity contribution >= 4 is 29.6 Å². The van der Waals surface area contributed by atoms with Gasteiger partial charge >= 0.3 is 0 Å². The van der Waals surface area contributed by atoms with E-state index >= 15 is 0 Å². The molecule has 2 aromatic carbocycles. The van der Waals surface area contributed by atoms with Crippen molar-refractivity contribution in [2.45, 2.75) is 13.8 Å². The maximum atomic E-state index is 12.2. The van der Waals surface area contributed by atoms with Crippen molar-refractivity contribution < 1.29 is 24.2 Å². The Morgan fingerprint density at radius 2 is 1.67 bits per heavy atom. The number of aliphatic carboxylic acids is 1. The van der Waals surface area contributed by atoms with Gasteiger partial charge in [-0.2, -0.15) is 0 Å². The Bertz CT molecular complexity index is 846. The molecule has 0 saturated carbocycles. The fourth-order valence-electron chi connectivity index (χ4n) is 2.27. The standard InChI is InChI=1S/C20H20ClNO5/c1-3-26-17-10-5-13(12-18(17)27-4-2)11-16(20(24)25)22-19(23)14-6-8-15(21)9-7-14/h5-12H,3-4H2,1-2H3,(H,22,23)(H,24,25)/p-1/b16-11+. The van der Waals surface area contributed by atoms with Crippen molar-refractivity contribution in [2.75, 3.05) is 13.2 Å². The van der Waals surface area contributed by atoms with Gasteiger partial charge in [0.2, 0.25) is 0 Å². The van der Waals surface area contributed by atoms with Crippen LogP contribution in [0.2, 0.25) is 5.02 Å². The summed E-state index contributed by atoms with van der Waals surface area (Å²) in [6, 6.07) is 11.0. The van der Waals surface area contributed by atoms with E-state index in [-0.39, 0.29) is 11.3 Å². The van der Waals surface area contributed by atoms with Crippen LogP contribution in [0, 0.1) is 0 Å². The number of benzene rings is 2. The predicted octanol–water partition coefficient (Wildman–Crippen LogP) is 2.66.